The molecule has 0 atom stereocenters. The molecule has 3 heteroatoms. The van der Waals surface area contributed by atoms with Gasteiger partial charge in [0, 0.05) is 28.9 Å². The van der Waals surface area contributed by atoms with E-state index in [1.54, 1.807) is 10.4 Å². The number of hydrogen-bond acceptors (Lipinski definition) is 2. The zero-order valence-corrected chi connectivity index (χ0v) is 10.8. The SMILES string of the molecule is Cc1csc2c1CN(CCI)CC2. The number of hydrogen-bond donors (Lipinski definition) is 0. The summed E-state index contributed by atoms with van der Waals surface area (Å²) in [5, 5.41) is 2.30. The monoisotopic (exact) mass is 307 g/mol. The van der Waals surface area contributed by atoms with Crippen molar-refractivity contribution in [3.8, 4) is 0 Å². The fourth-order valence-corrected chi connectivity index (χ4v) is 3.54. The molecule has 0 bridgehead atoms. The van der Waals surface area contributed by atoms with E-state index in [0.717, 1.165) is 0 Å². The van der Waals surface area contributed by atoms with Gasteiger partial charge in [0.2, 0.25) is 0 Å². The van der Waals surface area contributed by atoms with Crippen molar-refractivity contribution in [2.75, 3.05) is 17.5 Å². The van der Waals surface area contributed by atoms with Crippen LogP contribution in [0.2, 0.25) is 0 Å². The first kappa shape index (κ1) is 9.93. The molecular weight excluding hydrogens is 293 g/mol. The Morgan fingerprint density at radius 3 is 3.23 bits per heavy atom. The van der Waals surface area contributed by atoms with Gasteiger partial charge in [-0.05, 0) is 29.9 Å². The molecule has 0 saturated carbocycles. The molecule has 2 heterocycles. The molecule has 1 nitrogen and oxygen atoms in total. The van der Waals surface area contributed by atoms with Crippen LogP contribution in [0.1, 0.15) is 16.0 Å². The van der Waals surface area contributed by atoms with Crippen LogP contribution in [0, 0.1) is 6.92 Å². The second-order valence-electron chi connectivity index (χ2n) is 3.54. The molecule has 1 aromatic rings. The highest BCUT2D eigenvalue weighted by molar-refractivity contribution is 14.1. The fraction of sp³-hybridized carbons (Fsp3) is 0.600. The highest BCUT2D eigenvalue weighted by atomic mass is 127. The summed E-state index contributed by atoms with van der Waals surface area (Å²) in [4.78, 5) is 4.19. The zero-order valence-electron chi connectivity index (χ0n) is 7.85. The van der Waals surface area contributed by atoms with Gasteiger partial charge in [0.05, 0.1) is 0 Å². The Hall–Kier alpha value is 0.390. The van der Waals surface area contributed by atoms with Crippen LogP contribution in [0.3, 0.4) is 0 Å². The quantitative estimate of drug-likeness (QED) is 0.600. The molecule has 13 heavy (non-hydrogen) atoms. The normalized spacial score (nSPS) is 17.4. The van der Waals surface area contributed by atoms with E-state index >= 15 is 0 Å². The lowest BCUT2D eigenvalue weighted by molar-refractivity contribution is 0.273. The van der Waals surface area contributed by atoms with Crippen LogP contribution in [0.15, 0.2) is 5.38 Å². The van der Waals surface area contributed by atoms with E-state index < -0.39 is 0 Å². The van der Waals surface area contributed by atoms with Crippen molar-refractivity contribution < 1.29 is 0 Å². The maximum atomic E-state index is 2.56. The topological polar surface area (TPSA) is 3.24 Å². The summed E-state index contributed by atoms with van der Waals surface area (Å²) in [7, 11) is 0. The van der Waals surface area contributed by atoms with E-state index in [-0.39, 0.29) is 0 Å². The summed E-state index contributed by atoms with van der Waals surface area (Å²) in [6.45, 7) is 5.93. The molecule has 0 aliphatic carbocycles. The molecule has 0 saturated heterocycles. The molecule has 0 fully saturated rings. The summed E-state index contributed by atoms with van der Waals surface area (Å²) in [6.07, 6.45) is 1.27. The van der Waals surface area contributed by atoms with E-state index in [4.69, 9.17) is 0 Å². The van der Waals surface area contributed by atoms with Crippen molar-refractivity contribution in [2.24, 2.45) is 0 Å². The molecule has 1 aromatic heterocycles. The van der Waals surface area contributed by atoms with Gasteiger partial charge in [-0.2, -0.15) is 0 Å². The highest BCUT2D eigenvalue weighted by Crippen LogP contribution is 2.27. The molecule has 0 aromatic carbocycles. The Morgan fingerprint density at radius 1 is 1.62 bits per heavy atom. The van der Waals surface area contributed by atoms with Gasteiger partial charge in [0.25, 0.3) is 0 Å². The van der Waals surface area contributed by atoms with Crippen LogP contribution < -0.4 is 0 Å². The summed E-state index contributed by atoms with van der Waals surface area (Å²) >= 11 is 4.40. The van der Waals surface area contributed by atoms with Gasteiger partial charge in [0.1, 0.15) is 0 Å². The number of rotatable bonds is 2. The Labute approximate surface area is 97.3 Å². The number of thiophene rings is 1. The predicted molar refractivity (Wildman–Crippen MR) is 66.9 cm³/mol. The average Bonchev–Trinajstić information content (AvgIpc) is 2.49. The van der Waals surface area contributed by atoms with Crippen LogP contribution >= 0.6 is 33.9 Å². The summed E-state index contributed by atoms with van der Waals surface area (Å²) < 4.78 is 1.25. The minimum Gasteiger partial charge on any atom is -0.298 e. The van der Waals surface area contributed by atoms with E-state index in [1.807, 2.05) is 11.3 Å². The minimum absolute atomic E-state index is 1.19. The Kier molecular flexibility index (Phi) is 3.26. The van der Waals surface area contributed by atoms with E-state index in [2.05, 4.69) is 39.8 Å². The van der Waals surface area contributed by atoms with Crippen molar-refractivity contribution in [2.45, 2.75) is 19.9 Å². The Balaban J connectivity index is 2.13. The van der Waals surface area contributed by atoms with Crippen LogP contribution in [-0.4, -0.2) is 22.4 Å². The molecule has 0 unspecified atom stereocenters. The van der Waals surface area contributed by atoms with Gasteiger partial charge in [-0.25, -0.2) is 0 Å². The zero-order chi connectivity index (χ0) is 9.26. The summed E-state index contributed by atoms with van der Waals surface area (Å²) in [5.41, 5.74) is 3.11. The molecule has 1 aliphatic rings. The highest BCUT2D eigenvalue weighted by Gasteiger charge is 2.18. The number of aryl methyl sites for hydroxylation is 1. The number of nitrogens with zero attached hydrogens (tertiary/aromatic N) is 1. The smallest absolute Gasteiger partial charge is 0.0247 e. The van der Waals surface area contributed by atoms with Crippen molar-refractivity contribution >= 4 is 33.9 Å². The van der Waals surface area contributed by atoms with Gasteiger partial charge in [-0.1, -0.05) is 22.6 Å². The molecule has 72 valence electrons. The molecule has 0 N–H and O–H groups in total. The van der Waals surface area contributed by atoms with Crippen LogP contribution in [-0.2, 0) is 13.0 Å². The molecule has 0 amide bonds. The number of fused-ring (bicyclic) bond motifs is 1. The fourth-order valence-electron chi connectivity index (χ4n) is 1.82. The third-order valence-electron chi connectivity index (χ3n) is 2.63. The van der Waals surface area contributed by atoms with Crippen molar-refractivity contribution in [3.63, 3.8) is 0 Å². The van der Waals surface area contributed by atoms with Gasteiger partial charge >= 0.3 is 0 Å². The molecular formula is C10H14INS. The average molecular weight is 307 g/mol. The van der Waals surface area contributed by atoms with E-state index in [1.165, 1.54) is 36.0 Å². The summed E-state index contributed by atoms with van der Waals surface area (Å²) in [6, 6.07) is 0. The summed E-state index contributed by atoms with van der Waals surface area (Å²) in [5.74, 6) is 0. The van der Waals surface area contributed by atoms with Crippen molar-refractivity contribution in [1.29, 1.82) is 0 Å². The maximum Gasteiger partial charge on any atom is 0.0247 e. The van der Waals surface area contributed by atoms with Gasteiger partial charge in [-0.15, -0.1) is 11.3 Å². The van der Waals surface area contributed by atoms with Gasteiger partial charge < -0.3 is 0 Å². The third kappa shape index (κ3) is 2.07. The number of halogens is 1. The largest absolute Gasteiger partial charge is 0.298 e. The lowest BCUT2D eigenvalue weighted by Gasteiger charge is -2.26. The first-order chi connectivity index (χ1) is 6.31. The van der Waals surface area contributed by atoms with Crippen LogP contribution in [0.25, 0.3) is 0 Å². The van der Waals surface area contributed by atoms with Crippen molar-refractivity contribution in [1.82, 2.24) is 4.90 Å². The third-order valence-corrected chi connectivity index (χ3v) is 4.32. The molecule has 1 aliphatic heterocycles. The van der Waals surface area contributed by atoms with E-state index in [9.17, 15) is 0 Å². The Bertz CT molecular complexity index is 295. The van der Waals surface area contributed by atoms with Crippen molar-refractivity contribution in [3.05, 3.63) is 21.4 Å². The number of alkyl halides is 1. The first-order valence-electron chi connectivity index (χ1n) is 4.65. The predicted octanol–water partition coefficient (Wildman–Crippen LogP) is 2.85. The lowest BCUT2D eigenvalue weighted by atomic mass is 10.1. The second kappa shape index (κ2) is 4.28. The van der Waals surface area contributed by atoms with Gasteiger partial charge in [-0.3, -0.25) is 4.90 Å². The molecule has 0 radical (unpaired) electrons. The Morgan fingerprint density at radius 2 is 2.46 bits per heavy atom. The minimum atomic E-state index is 1.19. The molecule has 2 rings (SSSR count). The van der Waals surface area contributed by atoms with Crippen LogP contribution in [0.4, 0.5) is 0 Å². The van der Waals surface area contributed by atoms with Crippen LogP contribution in [0.5, 0.6) is 0 Å². The van der Waals surface area contributed by atoms with E-state index in [0.29, 0.717) is 0 Å². The molecule has 0 spiro atoms. The lowest BCUT2D eigenvalue weighted by Crippen LogP contribution is -2.31. The standard InChI is InChI=1S/C10H14INS/c1-8-7-13-10-2-4-12(5-3-11)6-9(8)10/h7H,2-6H2,1H3. The second-order valence-corrected chi connectivity index (χ2v) is 5.58. The first-order valence-corrected chi connectivity index (χ1v) is 7.06. The van der Waals surface area contributed by atoms with Gasteiger partial charge in [0.15, 0.2) is 0 Å². The maximum absolute atomic E-state index is 2.56.